The van der Waals surface area contributed by atoms with Gasteiger partial charge < -0.3 is 78.7 Å². The third-order valence-corrected chi connectivity index (χ3v) is 24.7. The molecule has 0 fully saturated rings. The number of aryl methyl sites for hydroxylation is 3. The predicted molar refractivity (Wildman–Crippen MR) is 579 cm³/mol. The highest BCUT2D eigenvalue weighted by Gasteiger charge is 2.34. The average Bonchev–Trinajstić information content (AvgIpc) is 0.777. The molecule has 18 aromatic carbocycles. The molecule has 0 radical (unpaired) electrons. The average molecular weight is 1970 g/mol. The summed E-state index contributed by atoms with van der Waals surface area (Å²) in [6.45, 7) is 11.1. The predicted octanol–water partition coefficient (Wildman–Crippen LogP) is 28.9. The summed E-state index contributed by atoms with van der Waals surface area (Å²) in [4.78, 5) is 0. The molecule has 1 aromatic heterocycles. The Morgan fingerprint density at radius 1 is 0.203 bits per heavy atom. The van der Waals surface area contributed by atoms with E-state index in [0.717, 1.165) is 145 Å². The molecule has 0 amide bonds. The Morgan fingerprint density at radius 3 is 0.723 bits per heavy atom. The minimum absolute atomic E-state index is 0. The van der Waals surface area contributed by atoms with E-state index < -0.39 is 12.2 Å². The molecule has 0 bridgehead atoms. The van der Waals surface area contributed by atoms with E-state index in [-0.39, 0.29) is 12.4 Å². The first-order valence-corrected chi connectivity index (χ1v) is 49.4. The van der Waals surface area contributed by atoms with Gasteiger partial charge in [-0.15, -0.1) is 0 Å². The fourth-order valence-corrected chi connectivity index (χ4v) is 17.0. The summed E-state index contributed by atoms with van der Waals surface area (Å²) in [5.41, 5.74) is 20.9. The van der Waals surface area contributed by atoms with Crippen LogP contribution in [0.25, 0.3) is 34.4 Å². The molecule has 0 aliphatic carbocycles. The van der Waals surface area contributed by atoms with E-state index in [1.807, 2.05) is 421 Å². The van der Waals surface area contributed by atoms with Crippen molar-refractivity contribution in [2.75, 3.05) is 0 Å². The smallest absolute Gasteiger partial charge is 0.402 e. The summed E-state index contributed by atoms with van der Waals surface area (Å²) < 4.78 is 97.3. The summed E-state index contributed by atoms with van der Waals surface area (Å²) >= 11 is 0. The molecule has 0 saturated heterocycles. The van der Waals surface area contributed by atoms with Crippen LogP contribution in [0.4, 0.5) is 0 Å². The highest BCUT2D eigenvalue weighted by molar-refractivity contribution is 5.88. The molecule has 0 spiro atoms. The van der Waals surface area contributed by atoms with Crippen molar-refractivity contribution in [3.8, 4) is 80.3 Å². The minimum Gasteiger partial charge on any atom is -1.00 e. The molecule has 738 valence electrons. The van der Waals surface area contributed by atoms with Crippen LogP contribution in [-0.4, -0.2) is 0 Å². The molecule has 2 atom stereocenters. The third-order valence-electron chi connectivity index (χ3n) is 24.7. The van der Waals surface area contributed by atoms with E-state index in [9.17, 15) is 0 Å². The molecule has 15 nitrogen and oxygen atoms in total. The molecule has 2 aliphatic heterocycles. The maximum absolute atomic E-state index is 6.81. The Balaban J connectivity index is 0.000000145. The molecule has 0 N–H and O–H groups in total. The number of ether oxygens (including phenoxy) is 14. The van der Waals surface area contributed by atoms with Gasteiger partial charge in [-0.2, -0.15) is 0 Å². The summed E-state index contributed by atoms with van der Waals surface area (Å²) in [5, 5.41) is 0.830. The van der Waals surface area contributed by atoms with Gasteiger partial charge in [0.25, 0.3) is 0 Å². The van der Waals surface area contributed by atoms with E-state index in [1.54, 1.807) is 0 Å². The van der Waals surface area contributed by atoms with E-state index in [1.165, 1.54) is 0 Å². The Labute approximate surface area is 871 Å². The topological polar surface area (TPSA) is 141 Å². The largest absolute Gasteiger partial charge is 1.00 e. The molecule has 0 unspecified atom stereocenters. The monoisotopic (exact) mass is 1970 g/mol. The Hall–Kier alpha value is -17.7. The van der Waals surface area contributed by atoms with Gasteiger partial charge in [0.2, 0.25) is 5.75 Å². The van der Waals surface area contributed by atoms with Gasteiger partial charge in [0, 0.05) is 29.3 Å². The van der Waals surface area contributed by atoms with Crippen molar-refractivity contribution in [3.63, 3.8) is 0 Å². The zero-order valence-corrected chi connectivity index (χ0v) is 83.4. The second kappa shape index (κ2) is 51.0. The summed E-state index contributed by atoms with van der Waals surface area (Å²) in [6, 6.07) is 154. The van der Waals surface area contributed by atoms with Gasteiger partial charge in [-0.3, -0.25) is 0 Å². The lowest BCUT2D eigenvalue weighted by Crippen LogP contribution is -3.00. The van der Waals surface area contributed by atoms with Crippen molar-refractivity contribution in [1.82, 2.24) is 0 Å². The number of fused-ring (bicyclic) bond motifs is 3. The zero-order valence-electron chi connectivity index (χ0n) is 82.7. The molecule has 21 rings (SSSR count). The number of hydrogen-bond donors (Lipinski definition) is 0. The Bertz CT molecular complexity index is 7240. The number of halogens is 1. The fraction of sp³-hybridized carbons (Fsp3) is 0.129. The minimum atomic E-state index is -0.526. The first-order valence-electron chi connectivity index (χ1n) is 49.4. The van der Waals surface area contributed by atoms with Gasteiger partial charge in [0.05, 0.1) is 16.7 Å². The molecule has 16 heteroatoms. The van der Waals surface area contributed by atoms with Crippen molar-refractivity contribution in [3.05, 3.63) is 578 Å². The van der Waals surface area contributed by atoms with Crippen LogP contribution in [0.15, 0.2) is 477 Å². The second-order valence-electron chi connectivity index (χ2n) is 35.9. The standard InChI is InChI=1S/2C44H38O5.C44H37O5.ClH/c3*1-32-24-40(46-29-34-16-8-3-9-17-34)38-27-43(48-31-36-20-12-5-13-21-36)44(49-41(38)25-32)37-22-23-39(45-28-33-14-6-2-7-15-33)42(26-37)47-30-35-18-10-4-11-19-35;/h2*2-27,44H,28-31H2,1H3;2-27H,28-31H2,1H3;1H/q;;+1;/p-1/t2*44-;;/m10../s1. The van der Waals surface area contributed by atoms with Gasteiger partial charge in [-0.05, 0) is 183 Å². The van der Waals surface area contributed by atoms with Crippen LogP contribution in [0.3, 0.4) is 0 Å². The van der Waals surface area contributed by atoms with Crippen molar-refractivity contribution < 1.29 is 83.1 Å². The number of hydrogen-bond acceptors (Lipinski definition) is 14. The molecule has 148 heavy (non-hydrogen) atoms. The normalized spacial score (nSPS) is 12.5. The summed E-state index contributed by atoms with van der Waals surface area (Å²) in [6.07, 6.45) is 3.05. The Morgan fingerprint density at radius 2 is 0.432 bits per heavy atom. The zero-order chi connectivity index (χ0) is 99.8. The molecular formula is C132H113ClO15. The van der Waals surface area contributed by atoms with Gasteiger partial charge in [0.1, 0.15) is 125 Å². The summed E-state index contributed by atoms with van der Waals surface area (Å²) in [5.74, 6) is 10.0. The number of rotatable bonds is 39. The lowest BCUT2D eigenvalue weighted by molar-refractivity contribution is -0.0000333. The molecule has 0 saturated carbocycles. The van der Waals surface area contributed by atoms with Crippen LogP contribution in [0.2, 0.25) is 0 Å². The van der Waals surface area contributed by atoms with Gasteiger partial charge in [0.15, 0.2) is 46.7 Å². The van der Waals surface area contributed by atoms with Gasteiger partial charge in [-0.1, -0.05) is 376 Å². The van der Waals surface area contributed by atoms with Crippen molar-refractivity contribution >= 4 is 23.1 Å². The maximum atomic E-state index is 6.81. The quantitative estimate of drug-likeness (QED) is 0.0337. The third kappa shape index (κ3) is 27.9. The molecule has 3 heterocycles. The van der Waals surface area contributed by atoms with Crippen LogP contribution >= 0.6 is 0 Å². The van der Waals surface area contributed by atoms with Crippen LogP contribution in [-0.2, 0) is 88.8 Å². The maximum Gasteiger partial charge on any atom is 0.402 e. The van der Waals surface area contributed by atoms with E-state index in [2.05, 4.69) is 72.8 Å². The van der Waals surface area contributed by atoms with Crippen molar-refractivity contribution in [2.24, 2.45) is 0 Å². The highest BCUT2D eigenvalue weighted by atomic mass is 35.5. The van der Waals surface area contributed by atoms with Crippen LogP contribution in [0.1, 0.15) is 118 Å². The van der Waals surface area contributed by atoms with Crippen LogP contribution in [0.5, 0.6) is 69.0 Å². The number of benzene rings is 18. The van der Waals surface area contributed by atoms with E-state index in [0.29, 0.717) is 142 Å². The van der Waals surface area contributed by atoms with Crippen molar-refractivity contribution in [2.45, 2.75) is 112 Å². The van der Waals surface area contributed by atoms with E-state index in [4.69, 9.17) is 70.7 Å². The lowest BCUT2D eigenvalue weighted by Gasteiger charge is -2.29. The molecule has 2 aliphatic rings. The highest BCUT2D eigenvalue weighted by Crippen LogP contribution is 2.49. The Kier molecular flexibility index (Phi) is 34.6. The first kappa shape index (κ1) is 100. The van der Waals surface area contributed by atoms with E-state index >= 15 is 0 Å². The van der Waals surface area contributed by atoms with Gasteiger partial charge in [-0.25, -0.2) is 4.42 Å². The SMILES string of the molecule is Cc1cc(OCc2ccccc2)c2c(c1)O[C@@H](c1ccc(OCc3ccccc3)c(OCc3ccccc3)c1)C(OCc1ccccc1)=C2.Cc1cc(OCc2ccccc2)c2c(c1)O[C@H](c1ccc(OCc3ccccc3)c(OCc3ccccc3)c1)C(OCc1ccccc1)=C2.Cc1cc(OCc2ccccc2)c2cc(OCc3ccccc3)c(-c3ccc(OCc4ccccc4)c(OCc4ccccc4)c3)[o+]c2c1.[Cl-]. The van der Waals surface area contributed by atoms with Gasteiger partial charge >= 0.3 is 11.3 Å². The van der Waals surface area contributed by atoms with Crippen molar-refractivity contribution in [1.29, 1.82) is 0 Å². The molecular weight excluding hydrogens is 1860 g/mol. The lowest BCUT2D eigenvalue weighted by atomic mass is 9.99. The second-order valence-corrected chi connectivity index (χ2v) is 35.9. The first-order chi connectivity index (χ1) is 72.5. The summed E-state index contributed by atoms with van der Waals surface area (Å²) in [7, 11) is 0. The van der Waals surface area contributed by atoms with Crippen LogP contribution < -0.4 is 69.2 Å². The van der Waals surface area contributed by atoms with Crippen LogP contribution in [0, 0.1) is 20.8 Å². The molecule has 19 aromatic rings. The fourth-order valence-electron chi connectivity index (χ4n) is 17.0.